The van der Waals surface area contributed by atoms with Gasteiger partial charge >= 0.3 is 0 Å². The van der Waals surface area contributed by atoms with Gasteiger partial charge in [-0.1, -0.05) is 29.8 Å². The minimum atomic E-state index is -3.80. The molecule has 2 aromatic carbocycles. The lowest BCUT2D eigenvalue weighted by atomic mass is 10.2. The number of nitrogens with one attached hydrogen (secondary N) is 1. The van der Waals surface area contributed by atoms with Crippen LogP contribution in [0.4, 0.5) is 4.39 Å². The number of rotatable bonds is 6. The maximum Gasteiger partial charge on any atom is 0.242 e. The predicted molar refractivity (Wildman–Crippen MR) is 93.9 cm³/mol. The van der Waals surface area contributed by atoms with Crippen molar-refractivity contribution in [2.24, 2.45) is 0 Å². The highest BCUT2D eigenvalue weighted by atomic mass is 35.5. The van der Waals surface area contributed by atoms with Crippen LogP contribution in [0.2, 0.25) is 5.02 Å². The average molecular weight is 380 g/mol. The molecule has 0 aliphatic carbocycles. The summed E-state index contributed by atoms with van der Waals surface area (Å²) in [6.07, 6.45) is 3.99. The fourth-order valence-electron chi connectivity index (χ4n) is 2.31. The Kier molecular flexibility index (Phi) is 5.17. The van der Waals surface area contributed by atoms with E-state index >= 15 is 0 Å². The summed E-state index contributed by atoms with van der Waals surface area (Å²) in [5, 5.41) is 4.11. The van der Waals surface area contributed by atoms with E-state index in [1.807, 2.05) is 36.5 Å². The zero-order chi connectivity index (χ0) is 17.9. The van der Waals surface area contributed by atoms with Crippen molar-refractivity contribution in [1.29, 1.82) is 0 Å². The second-order valence-electron chi connectivity index (χ2n) is 5.35. The molecule has 0 bridgehead atoms. The van der Waals surface area contributed by atoms with E-state index in [9.17, 15) is 12.8 Å². The molecular formula is C17H15ClFN3O2S. The van der Waals surface area contributed by atoms with E-state index in [2.05, 4.69) is 9.82 Å². The number of hydrogen-bond acceptors (Lipinski definition) is 3. The molecule has 0 aliphatic heterocycles. The van der Waals surface area contributed by atoms with Crippen molar-refractivity contribution in [2.45, 2.75) is 11.3 Å². The van der Waals surface area contributed by atoms with Crippen LogP contribution in [0.5, 0.6) is 0 Å². The first-order valence-corrected chi connectivity index (χ1v) is 9.35. The molecule has 0 saturated heterocycles. The molecule has 0 unspecified atom stereocenters. The lowest BCUT2D eigenvalue weighted by Gasteiger charge is -2.07. The van der Waals surface area contributed by atoms with Gasteiger partial charge in [0.15, 0.2) is 0 Å². The third kappa shape index (κ3) is 4.25. The topological polar surface area (TPSA) is 64.0 Å². The summed E-state index contributed by atoms with van der Waals surface area (Å²) in [6.45, 7) is 0.177. The molecule has 3 rings (SSSR count). The minimum absolute atomic E-state index is 0.143. The number of halogens is 2. The SMILES string of the molecule is O=S(=O)(NCCc1cnn(-c2ccccc2)c1)c1ccc(F)cc1Cl. The van der Waals surface area contributed by atoms with E-state index in [-0.39, 0.29) is 16.5 Å². The number of hydrogen-bond donors (Lipinski definition) is 1. The highest BCUT2D eigenvalue weighted by molar-refractivity contribution is 7.89. The Morgan fingerprint density at radius 3 is 2.64 bits per heavy atom. The van der Waals surface area contributed by atoms with Gasteiger partial charge in [0.2, 0.25) is 10.0 Å². The van der Waals surface area contributed by atoms with Crippen LogP contribution in [-0.2, 0) is 16.4 Å². The van der Waals surface area contributed by atoms with Gasteiger partial charge in [-0.25, -0.2) is 22.2 Å². The van der Waals surface area contributed by atoms with Gasteiger partial charge in [0.1, 0.15) is 10.7 Å². The van der Waals surface area contributed by atoms with Gasteiger partial charge in [0.25, 0.3) is 0 Å². The summed E-state index contributed by atoms with van der Waals surface area (Å²) < 4.78 is 41.7. The fraction of sp³-hybridized carbons (Fsp3) is 0.118. The van der Waals surface area contributed by atoms with E-state index < -0.39 is 15.8 Å². The molecule has 3 aromatic rings. The van der Waals surface area contributed by atoms with Crippen LogP contribution in [0.1, 0.15) is 5.56 Å². The number of benzene rings is 2. The van der Waals surface area contributed by atoms with Gasteiger partial charge in [-0.2, -0.15) is 5.10 Å². The highest BCUT2D eigenvalue weighted by Gasteiger charge is 2.17. The molecule has 0 spiro atoms. The number of sulfonamides is 1. The van der Waals surface area contributed by atoms with Crippen LogP contribution in [-0.4, -0.2) is 24.7 Å². The van der Waals surface area contributed by atoms with E-state index in [1.165, 1.54) is 0 Å². The molecule has 25 heavy (non-hydrogen) atoms. The van der Waals surface area contributed by atoms with E-state index in [4.69, 9.17) is 11.6 Å². The zero-order valence-corrected chi connectivity index (χ0v) is 14.6. The summed E-state index contributed by atoms with van der Waals surface area (Å²) in [7, 11) is -3.80. The van der Waals surface area contributed by atoms with Crippen molar-refractivity contribution >= 4 is 21.6 Å². The van der Waals surface area contributed by atoms with E-state index in [0.717, 1.165) is 29.4 Å². The van der Waals surface area contributed by atoms with Crippen molar-refractivity contribution in [3.8, 4) is 5.69 Å². The Morgan fingerprint density at radius 1 is 1.16 bits per heavy atom. The summed E-state index contributed by atoms with van der Waals surface area (Å²) in [4.78, 5) is -0.143. The Hall–Kier alpha value is -2.22. The van der Waals surface area contributed by atoms with Gasteiger partial charge in [0.05, 0.1) is 16.9 Å². The highest BCUT2D eigenvalue weighted by Crippen LogP contribution is 2.21. The molecule has 1 N–H and O–H groups in total. The van der Waals surface area contributed by atoms with Gasteiger partial charge < -0.3 is 0 Å². The monoisotopic (exact) mass is 379 g/mol. The third-order valence-electron chi connectivity index (χ3n) is 3.55. The molecule has 1 aromatic heterocycles. The van der Waals surface area contributed by atoms with Crippen LogP contribution in [0.15, 0.2) is 65.8 Å². The lowest BCUT2D eigenvalue weighted by Crippen LogP contribution is -2.26. The first-order valence-electron chi connectivity index (χ1n) is 7.49. The molecule has 0 radical (unpaired) electrons. The van der Waals surface area contributed by atoms with Crippen LogP contribution in [0, 0.1) is 5.82 Å². The van der Waals surface area contributed by atoms with Crippen LogP contribution in [0.25, 0.3) is 5.69 Å². The number of para-hydroxylation sites is 1. The molecular weight excluding hydrogens is 365 g/mol. The summed E-state index contributed by atoms with van der Waals surface area (Å²) >= 11 is 5.81. The summed E-state index contributed by atoms with van der Waals surface area (Å²) in [5.74, 6) is -0.586. The smallest absolute Gasteiger partial charge is 0.241 e. The van der Waals surface area contributed by atoms with Crippen LogP contribution in [0.3, 0.4) is 0 Å². The van der Waals surface area contributed by atoms with Gasteiger partial charge in [0, 0.05) is 12.7 Å². The Labute approximate surface area is 150 Å². The van der Waals surface area contributed by atoms with Crippen molar-refractivity contribution in [3.05, 3.63) is 77.3 Å². The summed E-state index contributed by atoms with van der Waals surface area (Å²) in [5.41, 5.74) is 1.81. The third-order valence-corrected chi connectivity index (χ3v) is 5.49. The standard InChI is InChI=1S/C17H15ClFN3O2S/c18-16-10-14(19)6-7-17(16)25(23,24)21-9-8-13-11-20-22(12-13)15-4-2-1-3-5-15/h1-7,10-12,21H,8-9H2. The predicted octanol–water partition coefficient (Wildman–Crippen LogP) is 3.19. The second-order valence-corrected chi connectivity index (χ2v) is 7.49. The van der Waals surface area contributed by atoms with Crippen LogP contribution >= 0.6 is 11.6 Å². The minimum Gasteiger partial charge on any atom is -0.241 e. The molecule has 1 heterocycles. The maximum atomic E-state index is 13.0. The van der Waals surface area contributed by atoms with E-state index in [1.54, 1.807) is 10.9 Å². The number of aromatic nitrogens is 2. The van der Waals surface area contributed by atoms with E-state index in [0.29, 0.717) is 6.42 Å². The Bertz CT molecular complexity index is 975. The van der Waals surface area contributed by atoms with Crippen molar-refractivity contribution in [1.82, 2.24) is 14.5 Å². The average Bonchev–Trinajstić information content (AvgIpc) is 3.04. The van der Waals surface area contributed by atoms with Crippen molar-refractivity contribution < 1.29 is 12.8 Å². The quantitative estimate of drug-likeness (QED) is 0.715. The maximum absolute atomic E-state index is 13.0. The first kappa shape index (κ1) is 17.6. The van der Waals surface area contributed by atoms with Gasteiger partial charge in [-0.05, 0) is 42.3 Å². The van der Waals surface area contributed by atoms with Crippen molar-refractivity contribution in [3.63, 3.8) is 0 Å². The molecule has 0 fully saturated rings. The fourth-order valence-corrected chi connectivity index (χ4v) is 3.87. The normalized spacial score (nSPS) is 11.6. The molecule has 5 nitrogen and oxygen atoms in total. The Morgan fingerprint density at radius 2 is 1.92 bits per heavy atom. The number of nitrogens with zero attached hydrogens (tertiary/aromatic N) is 2. The van der Waals surface area contributed by atoms with Gasteiger partial charge in [-0.3, -0.25) is 0 Å². The Balaban J connectivity index is 1.64. The molecule has 130 valence electrons. The molecule has 0 saturated carbocycles. The molecule has 0 atom stereocenters. The molecule has 8 heteroatoms. The lowest BCUT2D eigenvalue weighted by molar-refractivity contribution is 0.581. The van der Waals surface area contributed by atoms with Gasteiger partial charge in [-0.15, -0.1) is 0 Å². The van der Waals surface area contributed by atoms with Crippen molar-refractivity contribution in [2.75, 3.05) is 6.54 Å². The second kappa shape index (κ2) is 7.35. The van der Waals surface area contributed by atoms with Crippen LogP contribution < -0.4 is 4.72 Å². The largest absolute Gasteiger partial charge is 0.242 e. The molecule has 0 aliphatic rings. The zero-order valence-electron chi connectivity index (χ0n) is 13.1. The molecule has 0 amide bonds. The first-order chi connectivity index (χ1) is 12.0. The summed E-state index contributed by atoms with van der Waals surface area (Å²) in [6, 6.07) is 12.8.